The van der Waals surface area contributed by atoms with Crippen molar-refractivity contribution in [2.24, 2.45) is 0 Å². The molecule has 0 heterocycles. The summed E-state index contributed by atoms with van der Waals surface area (Å²) >= 11 is 0. The Morgan fingerprint density at radius 3 is 2.54 bits per heavy atom. The second kappa shape index (κ2) is 4.40. The summed E-state index contributed by atoms with van der Waals surface area (Å²) in [7, 11) is 0. The summed E-state index contributed by atoms with van der Waals surface area (Å²) < 4.78 is 17.2. The molecule has 0 N–H and O–H groups in total. The predicted molar refractivity (Wildman–Crippen MR) is 46.8 cm³/mol. The molecule has 0 saturated carbocycles. The van der Waals surface area contributed by atoms with E-state index in [1.165, 1.54) is 30.3 Å². The average molecular weight is 180 g/mol. The number of esters is 1. The number of allylic oxidation sites excluding steroid dienone is 1. The van der Waals surface area contributed by atoms with E-state index in [4.69, 9.17) is 4.74 Å². The summed E-state index contributed by atoms with van der Waals surface area (Å²) in [5.41, 5.74) is 0. The first-order chi connectivity index (χ1) is 6.22. The zero-order chi connectivity index (χ0) is 9.68. The van der Waals surface area contributed by atoms with Crippen molar-refractivity contribution < 1.29 is 13.9 Å². The van der Waals surface area contributed by atoms with Crippen molar-refractivity contribution in [3.63, 3.8) is 0 Å². The maximum absolute atomic E-state index is 12.4. The highest BCUT2D eigenvalue weighted by atomic mass is 19.1. The fraction of sp³-hybridized carbons (Fsp3) is 0.100. The molecule has 0 spiro atoms. The third-order valence-corrected chi connectivity index (χ3v) is 1.33. The normalized spacial score (nSPS) is 10.3. The van der Waals surface area contributed by atoms with Gasteiger partial charge in [0.2, 0.25) is 0 Å². The van der Waals surface area contributed by atoms with Crippen molar-refractivity contribution in [3.8, 4) is 5.75 Å². The number of hydrogen-bond donors (Lipinski definition) is 0. The number of hydrogen-bond acceptors (Lipinski definition) is 2. The van der Waals surface area contributed by atoms with Gasteiger partial charge in [-0.25, -0.2) is 9.18 Å². The first kappa shape index (κ1) is 9.45. The summed E-state index contributed by atoms with van der Waals surface area (Å²) in [6, 6.07) is 5.27. The molecule has 2 nitrogen and oxygen atoms in total. The molecule has 0 bridgehead atoms. The van der Waals surface area contributed by atoms with E-state index in [0.717, 1.165) is 0 Å². The standard InChI is InChI=1S/C10H9FO2/c1-2-3-10(12)13-9-6-4-8(11)5-7-9/h2-7H,1H3/b3-2+. The van der Waals surface area contributed by atoms with Crippen LogP contribution in [0, 0.1) is 5.82 Å². The Labute approximate surface area is 75.6 Å². The van der Waals surface area contributed by atoms with Gasteiger partial charge in [-0.1, -0.05) is 6.08 Å². The molecule has 0 aromatic heterocycles. The molecule has 0 saturated heterocycles. The second-order valence-corrected chi connectivity index (χ2v) is 2.38. The number of benzene rings is 1. The lowest BCUT2D eigenvalue weighted by atomic mass is 10.3. The molecule has 0 aliphatic carbocycles. The summed E-state index contributed by atoms with van der Waals surface area (Å²) in [6.07, 6.45) is 2.87. The summed E-state index contributed by atoms with van der Waals surface area (Å²) in [6.45, 7) is 1.71. The lowest BCUT2D eigenvalue weighted by Crippen LogP contribution is -2.03. The van der Waals surface area contributed by atoms with Gasteiger partial charge in [0.1, 0.15) is 11.6 Å². The predicted octanol–water partition coefficient (Wildman–Crippen LogP) is 2.31. The van der Waals surface area contributed by atoms with Crippen LogP contribution in [-0.4, -0.2) is 5.97 Å². The highest BCUT2D eigenvalue weighted by Crippen LogP contribution is 2.11. The zero-order valence-corrected chi connectivity index (χ0v) is 7.16. The van der Waals surface area contributed by atoms with E-state index in [1.54, 1.807) is 13.0 Å². The van der Waals surface area contributed by atoms with Gasteiger partial charge in [-0.05, 0) is 31.2 Å². The number of halogens is 1. The molecule has 0 amide bonds. The Hall–Kier alpha value is -1.64. The molecular weight excluding hydrogens is 171 g/mol. The molecule has 68 valence electrons. The van der Waals surface area contributed by atoms with Crippen molar-refractivity contribution in [1.82, 2.24) is 0 Å². The average Bonchev–Trinajstić information content (AvgIpc) is 2.09. The summed E-state index contributed by atoms with van der Waals surface area (Å²) in [4.78, 5) is 10.9. The van der Waals surface area contributed by atoms with E-state index in [-0.39, 0.29) is 5.82 Å². The Morgan fingerprint density at radius 1 is 1.38 bits per heavy atom. The van der Waals surface area contributed by atoms with Crippen LogP contribution in [0.15, 0.2) is 36.4 Å². The molecule has 0 aliphatic heterocycles. The van der Waals surface area contributed by atoms with Crippen LogP contribution in [-0.2, 0) is 4.79 Å². The number of carbonyl (C=O) groups excluding carboxylic acids is 1. The van der Waals surface area contributed by atoms with Crippen molar-refractivity contribution in [2.75, 3.05) is 0 Å². The molecule has 13 heavy (non-hydrogen) atoms. The van der Waals surface area contributed by atoms with Crippen LogP contribution in [0.5, 0.6) is 5.75 Å². The van der Waals surface area contributed by atoms with Gasteiger partial charge in [-0.3, -0.25) is 0 Å². The monoisotopic (exact) mass is 180 g/mol. The van der Waals surface area contributed by atoms with Crippen molar-refractivity contribution in [1.29, 1.82) is 0 Å². The number of ether oxygens (including phenoxy) is 1. The van der Waals surface area contributed by atoms with E-state index in [1.807, 2.05) is 0 Å². The molecule has 1 aromatic carbocycles. The fourth-order valence-electron chi connectivity index (χ4n) is 0.789. The van der Waals surface area contributed by atoms with Crippen LogP contribution in [0.2, 0.25) is 0 Å². The minimum Gasteiger partial charge on any atom is -0.423 e. The quantitative estimate of drug-likeness (QED) is 0.396. The van der Waals surface area contributed by atoms with Gasteiger partial charge in [0, 0.05) is 6.08 Å². The van der Waals surface area contributed by atoms with Gasteiger partial charge >= 0.3 is 5.97 Å². The molecule has 0 fully saturated rings. The minimum atomic E-state index is -0.464. The van der Waals surface area contributed by atoms with Gasteiger partial charge in [0.15, 0.2) is 0 Å². The molecule has 0 unspecified atom stereocenters. The molecule has 0 radical (unpaired) electrons. The minimum absolute atomic E-state index is 0.338. The Balaban J connectivity index is 2.64. The summed E-state index contributed by atoms with van der Waals surface area (Å²) in [5, 5.41) is 0. The van der Waals surface area contributed by atoms with E-state index in [0.29, 0.717) is 5.75 Å². The number of carbonyl (C=O) groups is 1. The van der Waals surface area contributed by atoms with E-state index in [2.05, 4.69) is 0 Å². The lowest BCUT2D eigenvalue weighted by molar-refractivity contribution is -0.129. The highest BCUT2D eigenvalue weighted by Gasteiger charge is 1.98. The first-order valence-corrected chi connectivity index (χ1v) is 3.82. The highest BCUT2D eigenvalue weighted by molar-refractivity contribution is 5.83. The SMILES string of the molecule is C/C=C/C(=O)Oc1ccc(F)cc1. The van der Waals surface area contributed by atoms with Crippen LogP contribution in [0.4, 0.5) is 4.39 Å². The topological polar surface area (TPSA) is 26.3 Å². The Bertz CT molecular complexity index is 314. The van der Waals surface area contributed by atoms with E-state index < -0.39 is 5.97 Å². The maximum atomic E-state index is 12.4. The van der Waals surface area contributed by atoms with Gasteiger partial charge in [0.05, 0.1) is 0 Å². The molecule has 1 rings (SSSR count). The van der Waals surface area contributed by atoms with Gasteiger partial charge in [0.25, 0.3) is 0 Å². The summed E-state index contributed by atoms with van der Waals surface area (Å²) in [5.74, 6) is -0.482. The van der Waals surface area contributed by atoms with Crippen LogP contribution in [0.3, 0.4) is 0 Å². The number of rotatable bonds is 2. The smallest absolute Gasteiger partial charge is 0.335 e. The van der Waals surface area contributed by atoms with Crippen LogP contribution in [0.1, 0.15) is 6.92 Å². The Kier molecular flexibility index (Phi) is 3.20. The molecule has 0 aliphatic rings. The largest absolute Gasteiger partial charge is 0.423 e. The zero-order valence-electron chi connectivity index (χ0n) is 7.16. The van der Waals surface area contributed by atoms with E-state index >= 15 is 0 Å². The van der Waals surface area contributed by atoms with Gasteiger partial charge in [-0.2, -0.15) is 0 Å². The van der Waals surface area contributed by atoms with Gasteiger partial charge < -0.3 is 4.74 Å². The van der Waals surface area contributed by atoms with Crippen molar-refractivity contribution in [3.05, 3.63) is 42.2 Å². The van der Waals surface area contributed by atoms with E-state index in [9.17, 15) is 9.18 Å². The second-order valence-electron chi connectivity index (χ2n) is 2.38. The molecule has 0 atom stereocenters. The Morgan fingerprint density at radius 2 is 2.00 bits per heavy atom. The third kappa shape index (κ3) is 3.07. The van der Waals surface area contributed by atoms with Crippen LogP contribution < -0.4 is 4.74 Å². The molecule has 1 aromatic rings. The van der Waals surface area contributed by atoms with Gasteiger partial charge in [-0.15, -0.1) is 0 Å². The third-order valence-electron chi connectivity index (χ3n) is 1.33. The first-order valence-electron chi connectivity index (χ1n) is 3.82. The fourth-order valence-corrected chi connectivity index (χ4v) is 0.789. The maximum Gasteiger partial charge on any atom is 0.335 e. The molecular formula is C10H9FO2. The van der Waals surface area contributed by atoms with Crippen molar-refractivity contribution >= 4 is 5.97 Å². The van der Waals surface area contributed by atoms with Crippen molar-refractivity contribution in [2.45, 2.75) is 6.92 Å². The van der Waals surface area contributed by atoms with Crippen LogP contribution >= 0.6 is 0 Å². The molecule has 3 heteroatoms. The lowest BCUT2D eigenvalue weighted by Gasteiger charge is -1.99. The van der Waals surface area contributed by atoms with Crippen LogP contribution in [0.25, 0.3) is 0 Å².